The van der Waals surface area contributed by atoms with Crippen molar-refractivity contribution in [1.29, 1.82) is 0 Å². The van der Waals surface area contributed by atoms with Crippen molar-refractivity contribution < 1.29 is 9.26 Å². The number of benzene rings is 1. The van der Waals surface area contributed by atoms with Crippen LogP contribution in [0, 0.1) is 6.92 Å². The molecule has 4 rings (SSSR count). The van der Waals surface area contributed by atoms with Crippen LogP contribution in [0.5, 0.6) is 0 Å². The Morgan fingerprint density at radius 1 is 1.30 bits per heavy atom. The number of hydrogen-bond acceptors (Lipinski definition) is 7. The summed E-state index contributed by atoms with van der Waals surface area (Å²) in [6.07, 6.45) is 1.32. The van der Waals surface area contributed by atoms with E-state index >= 15 is 0 Å². The molecule has 7 nitrogen and oxygen atoms in total. The highest BCUT2D eigenvalue weighted by atomic mass is 35.5. The molecule has 0 spiro atoms. The molecule has 1 fully saturated rings. The molecule has 2 aromatic heterocycles. The van der Waals surface area contributed by atoms with Crippen molar-refractivity contribution in [3.05, 3.63) is 41.3 Å². The molecule has 3 aromatic rings. The molecule has 118 valence electrons. The predicted octanol–water partition coefficient (Wildman–Crippen LogP) is 2.55. The van der Waals surface area contributed by atoms with E-state index in [4.69, 9.17) is 20.9 Å². The van der Waals surface area contributed by atoms with Gasteiger partial charge < -0.3 is 14.2 Å². The predicted molar refractivity (Wildman–Crippen MR) is 84.5 cm³/mol. The Hall–Kier alpha value is -2.25. The third-order valence-corrected chi connectivity index (χ3v) is 4.01. The van der Waals surface area contributed by atoms with Crippen LogP contribution in [-0.4, -0.2) is 39.8 Å². The molecule has 0 unspecified atom stereocenters. The number of halogens is 1. The van der Waals surface area contributed by atoms with Crippen molar-refractivity contribution in [1.82, 2.24) is 20.1 Å². The third kappa shape index (κ3) is 2.73. The van der Waals surface area contributed by atoms with Crippen LogP contribution in [0.15, 0.2) is 29.0 Å². The van der Waals surface area contributed by atoms with Crippen LogP contribution < -0.4 is 4.90 Å². The third-order valence-electron chi connectivity index (χ3n) is 3.77. The Labute approximate surface area is 137 Å². The lowest BCUT2D eigenvalue weighted by molar-refractivity contribution is 0.0324. The van der Waals surface area contributed by atoms with E-state index in [0.29, 0.717) is 29.9 Å². The van der Waals surface area contributed by atoms with E-state index in [9.17, 15) is 0 Å². The monoisotopic (exact) mass is 331 g/mol. The molecule has 8 heteroatoms. The fraction of sp³-hybridized carbons (Fsp3) is 0.333. The van der Waals surface area contributed by atoms with Gasteiger partial charge in [-0.05, 0) is 18.2 Å². The molecule has 3 heterocycles. The Morgan fingerprint density at radius 3 is 3.04 bits per heavy atom. The minimum Gasteiger partial charge on any atom is -0.366 e. The first-order chi connectivity index (χ1) is 11.2. The van der Waals surface area contributed by atoms with Crippen molar-refractivity contribution in [2.45, 2.75) is 13.0 Å². The van der Waals surface area contributed by atoms with E-state index < -0.39 is 0 Å². The second kappa shape index (κ2) is 5.75. The van der Waals surface area contributed by atoms with Gasteiger partial charge in [-0.1, -0.05) is 16.8 Å². The lowest BCUT2D eigenvalue weighted by atomic mass is 10.2. The Bertz CT molecular complexity index is 853. The van der Waals surface area contributed by atoms with Crippen LogP contribution >= 0.6 is 11.6 Å². The minimum absolute atomic E-state index is 0.237. The fourth-order valence-electron chi connectivity index (χ4n) is 2.71. The minimum atomic E-state index is -0.237. The number of aromatic nitrogens is 4. The Morgan fingerprint density at radius 2 is 2.22 bits per heavy atom. The van der Waals surface area contributed by atoms with E-state index in [1.807, 2.05) is 18.2 Å². The Balaban J connectivity index is 1.67. The van der Waals surface area contributed by atoms with Crippen LogP contribution in [0.3, 0.4) is 0 Å². The first kappa shape index (κ1) is 14.3. The number of anilines is 1. The first-order valence-corrected chi connectivity index (χ1v) is 7.65. The average molecular weight is 332 g/mol. The molecule has 0 amide bonds. The van der Waals surface area contributed by atoms with E-state index in [1.54, 1.807) is 13.3 Å². The van der Waals surface area contributed by atoms with E-state index in [2.05, 4.69) is 25.0 Å². The maximum atomic E-state index is 6.04. The topological polar surface area (TPSA) is 77.2 Å². The zero-order valence-electron chi connectivity index (χ0n) is 12.4. The molecular formula is C15H14ClN5O2. The maximum Gasteiger partial charge on any atom is 0.223 e. The smallest absolute Gasteiger partial charge is 0.223 e. The molecule has 1 aromatic carbocycles. The highest BCUT2D eigenvalue weighted by molar-refractivity contribution is 6.31. The number of nitrogens with zero attached hydrogens (tertiary/aromatic N) is 5. The van der Waals surface area contributed by atoms with Crippen molar-refractivity contribution >= 4 is 28.3 Å². The van der Waals surface area contributed by atoms with Crippen LogP contribution in [0.1, 0.15) is 17.8 Å². The summed E-state index contributed by atoms with van der Waals surface area (Å²) in [6.45, 7) is 3.67. The number of ether oxygens (including phenoxy) is 1. The first-order valence-electron chi connectivity index (χ1n) is 7.28. The number of fused-ring (bicyclic) bond motifs is 1. The SMILES string of the molecule is Cc1nc([C@@H]2CN(c3ncnc4cc(Cl)ccc34)CCO2)no1. The van der Waals surface area contributed by atoms with E-state index in [1.165, 1.54) is 0 Å². The standard InChI is InChI=1S/C15H14ClN5O2/c1-9-19-14(20-23-9)13-7-21(4-5-22-13)15-11-3-2-10(16)6-12(11)17-8-18-15/h2-3,6,8,13H,4-5,7H2,1H3/t13-/m0/s1. The van der Waals surface area contributed by atoms with Gasteiger partial charge in [-0.2, -0.15) is 4.98 Å². The molecule has 1 saturated heterocycles. The summed E-state index contributed by atoms with van der Waals surface area (Å²) in [5.41, 5.74) is 0.820. The number of aryl methyl sites for hydroxylation is 1. The normalized spacial score (nSPS) is 18.5. The highest BCUT2D eigenvalue weighted by Gasteiger charge is 2.27. The summed E-state index contributed by atoms with van der Waals surface area (Å²) in [4.78, 5) is 15.1. The lowest BCUT2D eigenvalue weighted by Gasteiger charge is -2.32. The van der Waals surface area contributed by atoms with Gasteiger partial charge in [0.15, 0.2) is 0 Å². The molecule has 1 aliphatic rings. The summed E-state index contributed by atoms with van der Waals surface area (Å²) in [5.74, 6) is 1.96. The van der Waals surface area contributed by atoms with Gasteiger partial charge in [0.25, 0.3) is 0 Å². The number of hydrogen-bond donors (Lipinski definition) is 0. The molecule has 0 N–H and O–H groups in total. The number of morpholine rings is 1. The summed E-state index contributed by atoms with van der Waals surface area (Å²) in [7, 11) is 0. The van der Waals surface area contributed by atoms with E-state index in [0.717, 1.165) is 23.3 Å². The molecule has 0 radical (unpaired) electrons. The van der Waals surface area contributed by atoms with Gasteiger partial charge in [0.2, 0.25) is 11.7 Å². The zero-order chi connectivity index (χ0) is 15.8. The largest absolute Gasteiger partial charge is 0.366 e. The molecule has 1 atom stereocenters. The Kier molecular flexibility index (Phi) is 3.59. The highest BCUT2D eigenvalue weighted by Crippen LogP contribution is 2.29. The zero-order valence-corrected chi connectivity index (χ0v) is 13.2. The molecule has 0 bridgehead atoms. The lowest BCUT2D eigenvalue weighted by Crippen LogP contribution is -2.39. The van der Waals surface area contributed by atoms with E-state index in [-0.39, 0.29) is 6.10 Å². The van der Waals surface area contributed by atoms with Gasteiger partial charge in [-0.3, -0.25) is 0 Å². The fourth-order valence-corrected chi connectivity index (χ4v) is 2.88. The van der Waals surface area contributed by atoms with Crippen LogP contribution in [0.4, 0.5) is 5.82 Å². The van der Waals surface area contributed by atoms with Gasteiger partial charge in [0.05, 0.1) is 18.7 Å². The van der Waals surface area contributed by atoms with Gasteiger partial charge in [0.1, 0.15) is 18.2 Å². The van der Waals surface area contributed by atoms with Gasteiger partial charge in [0, 0.05) is 23.9 Å². The number of rotatable bonds is 2. The average Bonchev–Trinajstić information content (AvgIpc) is 3.01. The molecule has 1 aliphatic heterocycles. The van der Waals surface area contributed by atoms with Gasteiger partial charge in [-0.15, -0.1) is 0 Å². The van der Waals surface area contributed by atoms with Gasteiger partial charge >= 0.3 is 0 Å². The van der Waals surface area contributed by atoms with Crippen LogP contribution in [0.2, 0.25) is 5.02 Å². The maximum absolute atomic E-state index is 6.04. The molecule has 23 heavy (non-hydrogen) atoms. The molecule has 0 aliphatic carbocycles. The van der Waals surface area contributed by atoms with Crippen molar-refractivity contribution in [2.75, 3.05) is 24.6 Å². The quantitative estimate of drug-likeness (QED) is 0.714. The molecule has 0 saturated carbocycles. The molecular weight excluding hydrogens is 318 g/mol. The van der Waals surface area contributed by atoms with Gasteiger partial charge in [-0.25, -0.2) is 9.97 Å². The van der Waals surface area contributed by atoms with Crippen molar-refractivity contribution in [3.63, 3.8) is 0 Å². The second-order valence-corrected chi connectivity index (χ2v) is 5.77. The summed E-state index contributed by atoms with van der Waals surface area (Å²) in [6, 6.07) is 5.62. The van der Waals surface area contributed by atoms with Crippen LogP contribution in [0.25, 0.3) is 10.9 Å². The summed E-state index contributed by atoms with van der Waals surface area (Å²) < 4.78 is 10.8. The second-order valence-electron chi connectivity index (χ2n) is 5.34. The van der Waals surface area contributed by atoms with Crippen LogP contribution in [-0.2, 0) is 4.74 Å². The summed E-state index contributed by atoms with van der Waals surface area (Å²) in [5, 5.41) is 5.57. The van der Waals surface area contributed by atoms with Crippen molar-refractivity contribution in [3.8, 4) is 0 Å². The summed E-state index contributed by atoms with van der Waals surface area (Å²) >= 11 is 6.04. The van der Waals surface area contributed by atoms with Crippen molar-refractivity contribution in [2.24, 2.45) is 0 Å².